The highest BCUT2D eigenvalue weighted by atomic mass is 32.2. The quantitative estimate of drug-likeness (QED) is 0.581. The standard InChI is InChI=1S/C8H7F3O2S/c1-14(12,13)4-5-2-3-6(9)8(11)7(5)10/h2-4H,1H3,(H,12,13). The molecule has 6 heteroatoms. The fourth-order valence-corrected chi connectivity index (χ4v) is 1.52. The highest BCUT2D eigenvalue weighted by molar-refractivity contribution is 7.95. The van der Waals surface area contributed by atoms with Crippen molar-refractivity contribution >= 4 is 15.2 Å². The summed E-state index contributed by atoms with van der Waals surface area (Å²) in [6.45, 7) is 0. The maximum absolute atomic E-state index is 12.9. The average molecular weight is 224 g/mol. The molecule has 0 radical (unpaired) electrons. The van der Waals surface area contributed by atoms with Gasteiger partial charge in [-0.3, -0.25) is 0 Å². The van der Waals surface area contributed by atoms with Crippen LogP contribution in [0.15, 0.2) is 12.1 Å². The van der Waals surface area contributed by atoms with Gasteiger partial charge in [0.25, 0.3) is 0 Å². The molecule has 0 saturated heterocycles. The summed E-state index contributed by atoms with van der Waals surface area (Å²) < 4.78 is 57.6. The van der Waals surface area contributed by atoms with E-state index >= 15 is 0 Å². The van der Waals surface area contributed by atoms with Gasteiger partial charge in [0.2, 0.25) is 0 Å². The second-order valence-corrected chi connectivity index (χ2v) is 4.70. The van der Waals surface area contributed by atoms with Crippen LogP contribution in [0.1, 0.15) is 5.56 Å². The summed E-state index contributed by atoms with van der Waals surface area (Å²) in [5, 5.41) is 0.644. The SMILES string of the molecule is CS(=O)(O)=Cc1ccc(F)c(F)c1F. The van der Waals surface area contributed by atoms with E-state index < -0.39 is 32.8 Å². The highest BCUT2D eigenvalue weighted by Crippen LogP contribution is 2.13. The molecule has 0 saturated carbocycles. The molecule has 0 aliphatic carbocycles. The second-order valence-electron chi connectivity index (χ2n) is 2.74. The van der Waals surface area contributed by atoms with Crippen LogP contribution in [0.25, 0.3) is 0 Å². The van der Waals surface area contributed by atoms with E-state index in [2.05, 4.69) is 0 Å². The second kappa shape index (κ2) is 3.62. The Hall–Kier alpha value is -1.01. The van der Waals surface area contributed by atoms with E-state index in [0.29, 0.717) is 11.4 Å². The van der Waals surface area contributed by atoms with Crippen molar-refractivity contribution in [2.75, 3.05) is 6.26 Å². The van der Waals surface area contributed by atoms with Gasteiger partial charge in [0.05, 0.1) is 9.80 Å². The molecule has 1 N–H and O–H groups in total. The van der Waals surface area contributed by atoms with Gasteiger partial charge in [-0.1, -0.05) is 0 Å². The van der Waals surface area contributed by atoms with Crippen LogP contribution in [0, 0.1) is 17.5 Å². The summed E-state index contributed by atoms with van der Waals surface area (Å²) in [7, 11) is -3.33. The molecule has 0 amide bonds. The van der Waals surface area contributed by atoms with Gasteiger partial charge in [-0.05, 0) is 12.1 Å². The first-order valence-corrected chi connectivity index (χ1v) is 5.50. The van der Waals surface area contributed by atoms with Crippen molar-refractivity contribution in [3.8, 4) is 0 Å². The van der Waals surface area contributed by atoms with E-state index in [9.17, 15) is 17.4 Å². The molecule has 0 aliphatic rings. The van der Waals surface area contributed by atoms with Crippen molar-refractivity contribution in [1.29, 1.82) is 0 Å². The average Bonchev–Trinajstić information content (AvgIpc) is 2.04. The molecule has 1 unspecified atom stereocenters. The molecule has 14 heavy (non-hydrogen) atoms. The molecular formula is C8H7F3O2S. The van der Waals surface area contributed by atoms with E-state index in [4.69, 9.17) is 4.55 Å². The minimum Gasteiger partial charge on any atom is -0.314 e. The molecule has 0 aromatic heterocycles. The third kappa shape index (κ3) is 2.49. The van der Waals surface area contributed by atoms with E-state index in [1.165, 1.54) is 0 Å². The fourth-order valence-electron chi connectivity index (χ4n) is 0.867. The van der Waals surface area contributed by atoms with Gasteiger partial charge < -0.3 is 4.55 Å². The van der Waals surface area contributed by atoms with Crippen LogP contribution in [-0.4, -0.2) is 20.4 Å². The van der Waals surface area contributed by atoms with Crippen LogP contribution in [0.5, 0.6) is 0 Å². The lowest BCUT2D eigenvalue weighted by atomic mass is 10.2. The molecule has 1 aromatic rings. The van der Waals surface area contributed by atoms with Gasteiger partial charge >= 0.3 is 0 Å². The molecule has 1 atom stereocenters. The smallest absolute Gasteiger partial charge is 0.195 e. The van der Waals surface area contributed by atoms with Crippen molar-refractivity contribution in [2.45, 2.75) is 0 Å². The third-order valence-electron chi connectivity index (χ3n) is 1.41. The zero-order valence-electron chi connectivity index (χ0n) is 7.13. The van der Waals surface area contributed by atoms with Gasteiger partial charge in [-0.25, -0.2) is 17.4 Å². The van der Waals surface area contributed by atoms with Crippen LogP contribution in [0.3, 0.4) is 0 Å². The van der Waals surface area contributed by atoms with Gasteiger partial charge in [0.15, 0.2) is 17.5 Å². The maximum Gasteiger partial charge on any atom is 0.195 e. The van der Waals surface area contributed by atoms with E-state index in [1.54, 1.807) is 0 Å². The summed E-state index contributed by atoms with van der Waals surface area (Å²) in [5.74, 6) is -4.45. The Labute approximate surface area is 79.2 Å². The number of hydrogen-bond donors (Lipinski definition) is 1. The van der Waals surface area contributed by atoms with Crippen molar-refractivity contribution in [1.82, 2.24) is 0 Å². The van der Waals surface area contributed by atoms with Gasteiger partial charge in [0.1, 0.15) is 0 Å². The largest absolute Gasteiger partial charge is 0.314 e. The molecule has 0 fully saturated rings. The monoisotopic (exact) mass is 224 g/mol. The lowest BCUT2D eigenvalue weighted by Gasteiger charge is -2.00. The summed E-state index contributed by atoms with van der Waals surface area (Å²) in [6.07, 6.45) is 0.938. The Balaban J connectivity index is 3.41. The summed E-state index contributed by atoms with van der Waals surface area (Å²) in [5.41, 5.74) is -0.432. The van der Waals surface area contributed by atoms with Gasteiger partial charge in [0, 0.05) is 17.2 Å². The predicted molar refractivity (Wildman–Crippen MR) is 48.2 cm³/mol. The third-order valence-corrected chi connectivity index (χ3v) is 2.10. The Morgan fingerprint density at radius 2 is 1.86 bits per heavy atom. The summed E-state index contributed by atoms with van der Waals surface area (Å²) in [4.78, 5) is 0. The molecule has 0 spiro atoms. The number of rotatable bonds is 1. The Morgan fingerprint density at radius 1 is 1.29 bits per heavy atom. The minimum absolute atomic E-state index is 0.432. The Kier molecular flexibility index (Phi) is 2.86. The molecule has 0 bridgehead atoms. The molecule has 2 nitrogen and oxygen atoms in total. The van der Waals surface area contributed by atoms with Gasteiger partial charge in [-0.15, -0.1) is 0 Å². The lowest BCUT2D eigenvalue weighted by molar-refractivity contribution is 0.446. The van der Waals surface area contributed by atoms with Crippen LogP contribution in [0.4, 0.5) is 13.2 Å². The molecule has 0 heterocycles. The zero-order valence-corrected chi connectivity index (χ0v) is 7.95. The topological polar surface area (TPSA) is 37.3 Å². The zero-order chi connectivity index (χ0) is 10.9. The maximum atomic E-state index is 12.9. The highest BCUT2D eigenvalue weighted by Gasteiger charge is 2.12. The van der Waals surface area contributed by atoms with Gasteiger partial charge in [-0.2, -0.15) is 0 Å². The van der Waals surface area contributed by atoms with E-state index in [-0.39, 0.29) is 0 Å². The normalized spacial score (nSPS) is 14.9. The Morgan fingerprint density at radius 3 is 2.36 bits per heavy atom. The number of halogens is 3. The van der Waals surface area contributed by atoms with Crippen LogP contribution in [-0.2, 0) is 9.80 Å². The molecular weight excluding hydrogens is 217 g/mol. The van der Waals surface area contributed by atoms with E-state index in [1.807, 2.05) is 0 Å². The van der Waals surface area contributed by atoms with Crippen molar-refractivity contribution in [3.63, 3.8) is 0 Å². The first kappa shape index (κ1) is 11.1. The summed E-state index contributed by atoms with van der Waals surface area (Å²) in [6, 6.07) is 1.59. The first-order valence-electron chi connectivity index (χ1n) is 3.51. The van der Waals surface area contributed by atoms with E-state index in [0.717, 1.165) is 12.3 Å². The fraction of sp³-hybridized carbons (Fsp3) is 0.125. The van der Waals surface area contributed by atoms with Crippen LogP contribution < -0.4 is 0 Å². The molecule has 78 valence electrons. The van der Waals surface area contributed by atoms with Crippen molar-refractivity contribution in [3.05, 3.63) is 35.1 Å². The first-order chi connectivity index (χ1) is 6.31. The summed E-state index contributed by atoms with van der Waals surface area (Å²) >= 11 is 0. The predicted octanol–water partition coefficient (Wildman–Crippen LogP) is 1.64. The van der Waals surface area contributed by atoms with Crippen molar-refractivity contribution < 1.29 is 21.9 Å². The van der Waals surface area contributed by atoms with Crippen LogP contribution >= 0.6 is 0 Å². The minimum atomic E-state index is -3.33. The Bertz CT molecular complexity index is 468. The molecule has 1 rings (SSSR count). The molecule has 1 aromatic carbocycles. The number of hydrogen-bond acceptors (Lipinski definition) is 1. The molecule has 0 aliphatic heterocycles. The number of benzene rings is 1. The van der Waals surface area contributed by atoms with Crippen molar-refractivity contribution in [2.24, 2.45) is 0 Å². The van der Waals surface area contributed by atoms with Crippen LogP contribution in [0.2, 0.25) is 0 Å². The lowest BCUT2D eigenvalue weighted by Crippen LogP contribution is -2.03.